The molecule has 32 heavy (non-hydrogen) atoms. The molecule has 0 unspecified atom stereocenters. The highest BCUT2D eigenvalue weighted by atomic mass is 16.3. The number of primary amides is 1. The number of nitrogens with zero attached hydrogens (tertiary/aromatic N) is 3. The fourth-order valence-electron chi connectivity index (χ4n) is 2.87. The molecule has 0 saturated heterocycles. The summed E-state index contributed by atoms with van der Waals surface area (Å²) in [7, 11) is 0. The van der Waals surface area contributed by atoms with Gasteiger partial charge in [0.15, 0.2) is 11.4 Å². The van der Waals surface area contributed by atoms with Crippen LogP contribution in [0.25, 0.3) is 17.3 Å². The molecule has 0 spiro atoms. The standard InChI is InChI=1S/C24H23N5O3/c1-5-7-17(12-15(3)4)24-27-20(14-32-24)23(31)26-19-13-29(28-21(19)22(25)30)18-10-8-16(6-2)9-11-18/h5-14H,2-3H2,1,4H3,(H2,25,30)(H,26,31)/b7-5-,17-12+. The fraction of sp³-hybridized carbons (Fsp3) is 0.0833. The zero-order chi connectivity index (χ0) is 23.3. The number of allylic oxidation sites excluding steroid dienone is 5. The predicted molar refractivity (Wildman–Crippen MR) is 124 cm³/mol. The number of anilines is 1. The van der Waals surface area contributed by atoms with E-state index in [1.807, 2.05) is 32.1 Å². The van der Waals surface area contributed by atoms with Gasteiger partial charge in [-0.25, -0.2) is 9.67 Å². The van der Waals surface area contributed by atoms with Gasteiger partial charge in [0.25, 0.3) is 11.8 Å². The lowest BCUT2D eigenvalue weighted by Gasteiger charge is -2.01. The summed E-state index contributed by atoms with van der Waals surface area (Å²) < 4.78 is 6.91. The number of aromatic nitrogens is 3. The second kappa shape index (κ2) is 9.57. The van der Waals surface area contributed by atoms with Crippen LogP contribution in [0.1, 0.15) is 46.3 Å². The molecular weight excluding hydrogens is 406 g/mol. The normalized spacial score (nSPS) is 11.5. The number of rotatable bonds is 8. The molecule has 0 saturated carbocycles. The average Bonchev–Trinajstić information content (AvgIpc) is 3.41. The average molecular weight is 429 g/mol. The first-order valence-electron chi connectivity index (χ1n) is 9.72. The maximum Gasteiger partial charge on any atom is 0.277 e. The number of hydrogen-bond acceptors (Lipinski definition) is 5. The van der Waals surface area contributed by atoms with Gasteiger partial charge in [-0.2, -0.15) is 5.10 Å². The van der Waals surface area contributed by atoms with Gasteiger partial charge in [0.1, 0.15) is 6.26 Å². The number of carbonyl (C=O) groups excluding carboxylic acids is 2. The van der Waals surface area contributed by atoms with Crippen molar-refractivity contribution in [3.8, 4) is 5.69 Å². The van der Waals surface area contributed by atoms with Crippen molar-refractivity contribution in [2.45, 2.75) is 13.8 Å². The molecular formula is C24H23N5O3. The minimum Gasteiger partial charge on any atom is -0.444 e. The van der Waals surface area contributed by atoms with Crippen LogP contribution in [0.15, 0.2) is 78.1 Å². The second-order valence-electron chi connectivity index (χ2n) is 6.93. The SMILES string of the molecule is C=Cc1ccc(-n2cc(NC(=O)c3coc(C(/C=C\C)=C/C(=C)C)n3)c(C(N)=O)n2)cc1. The number of amides is 2. The van der Waals surface area contributed by atoms with Crippen molar-refractivity contribution in [2.75, 3.05) is 5.32 Å². The van der Waals surface area contributed by atoms with Crippen LogP contribution in [0.4, 0.5) is 5.69 Å². The summed E-state index contributed by atoms with van der Waals surface area (Å²) in [4.78, 5) is 28.9. The molecule has 0 fully saturated rings. The van der Waals surface area contributed by atoms with Crippen LogP contribution >= 0.6 is 0 Å². The highest BCUT2D eigenvalue weighted by molar-refractivity contribution is 6.07. The Labute approximate surface area is 185 Å². The van der Waals surface area contributed by atoms with Crippen molar-refractivity contribution < 1.29 is 14.0 Å². The van der Waals surface area contributed by atoms with E-state index in [1.54, 1.807) is 30.4 Å². The minimum absolute atomic E-state index is 0.0376. The number of nitrogens with one attached hydrogen (secondary N) is 1. The second-order valence-corrected chi connectivity index (χ2v) is 6.93. The first kappa shape index (κ1) is 22.2. The lowest BCUT2D eigenvalue weighted by molar-refractivity contribution is 0.0996. The van der Waals surface area contributed by atoms with Crippen LogP contribution < -0.4 is 11.1 Å². The molecule has 3 N–H and O–H groups in total. The Bertz CT molecular complexity index is 1240. The lowest BCUT2D eigenvalue weighted by atomic mass is 10.1. The van der Waals surface area contributed by atoms with Crippen molar-refractivity contribution >= 4 is 29.2 Å². The van der Waals surface area contributed by atoms with Gasteiger partial charge in [0.2, 0.25) is 5.89 Å². The smallest absolute Gasteiger partial charge is 0.277 e. The summed E-state index contributed by atoms with van der Waals surface area (Å²) in [6.45, 7) is 11.3. The van der Waals surface area contributed by atoms with Crippen LogP contribution in [0.2, 0.25) is 0 Å². The molecule has 2 amide bonds. The Morgan fingerprint density at radius 3 is 2.56 bits per heavy atom. The van der Waals surface area contributed by atoms with Crippen LogP contribution in [0.5, 0.6) is 0 Å². The third-order valence-electron chi connectivity index (χ3n) is 4.32. The van der Waals surface area contributed by atoms with E-state index in [0.717, 1.165) is 11.1 Å². The first-order chi connectivity index (χ1) is 15.3. The van der Waals surface area contributed by atoms with E-state index in [-0.39, 0.29) is 23.0 Å². The van der Waals surface area contributed by atoms with E-state index in [9.17, 15) is 9.59 Å². The van der Waals surface area contributed by atoms with Gasteiger partial charge in [-0.15, -0.1) is 0 Å². The molecule has 0 aliphatic carbocycles. The molecule has 0 aliphatic heterocycles. The quantitative estimate of drug-likeness (QED) is 0.515. The summed E-state index contributed by atoms with van der Waals surface area (Å²) in [6.07, 6.45) is 9.88. The summed E-state index contributed by atoms with van der Waals surface area (Å²) in [6, 6.07) is 7.32. The van der Waals surface area contributed by atoms with Gasteiger partial charge in [0, 0.05) is 5.57 Å². The Balaban J connectivity index is 1.88. The number of carbonyl (C=O) groups is 2. The van der Waals surface area contributed by atoms with E-state index in [1.165, 1.54) is 17.1 Å². The lowest BCUT2D eigenvalue weighted by Crippen LogP contribution is -2.18. The van der Waals surface area contributed by atoms with Gasteiger partial charge >= 0.3 is 0 Å². The summed E-state index contributed by atoms with van der Waals surface area (Å²) in [5.41, 5.74) is 8.67. The Hall–Kier alpha value is -4.46. The molecule has 2 heterocycles. The van der Waals surface area contributed by atoms with Crippen molar-refractivity contribution in [1.82, 2.24) is 14.8 Å². The molecule has 3 rings (SSSR count). The highest BCUT2D eigenvalue weighted by Gasteiger charge is 2.20. The van der Waals surface area contributed by atoms with Crippen LogP contribution in [0, 0.1) is 0 Å². The third kappa shape index (κ3) is 4.99. The van der Waals surface area contributed by atoms with E-state index in [0.29, 0.717) is 11.3 Å². The predicted octanol–water partition coefficient (Wildman–Crippen LogP) is 4.39. The molecule has 2 aromatic heterocycles. The maximum atomic E-state index is 12.7. The van der Waals surface area contributed by atoms with E-state index in [4.69, 9.17) is 10.2 Å². The fourth-order valence-corrected chi connectivity index (χ4v) is 2.87. The van der Waals surface area contributed by atoms with Crippen molar-refractivity contribution in [1.29, 1.82) is 0 Å². The first-order valence-corrected chi connectivity index (χ1v) is 9.72. The number of nitrogens with two attached hydrogens (primary N) is 1. The van der Waals surface area contributed by atoms with Crippen molar-refractivity contribution in [2.24, 2.45) is 5.73 Å². The van der Waals surface area contributed by atoms with Crippen LogP contribution in [0.3, 0.4) is 0 Å². The monoisotopic (exact) mass is 429 g/mol. The number of hydrogen-bond donors (Lipinski definition) is 2. The van der Waals surface area contributed by atoms with E-state index in [2.05, 4.69) is 28.6 Å². The zero-order valence-electron chi connectivity index (χ0n) is 17.8. The van der Waals surface area contributed by atoms with E-state index >= 15 is 0 Å². The highest BCUT2D eigenvalue weighted by Crippen LogP contribution is 2.21. The zero-order valence-corrected chi connectivity index (χ0v) is 17.8. The minimum atomic E-state index is -0.776. The summed E-state index contributed by atoms with van der Waals surface area (Å²) in [5, 5.41) is 6.83. The molecule has 0 atom stereocenters. The van der Waals surface area contributed by atoms with Gasteiger partial charge in [0.05, 0.1) is 17.6 Å². The molecule has 162 valence electrons. The van der Waals surface area contributed by atoms with Gasteiger partial charge in [-0.3, -0.25) is 9.59 Å². The molecule has 8 nitrogen and oxygen atoms in total. The molecule has 0 radical (unpaired) electrons. The number of oxazole rings is 1. The third-order valence-corrected chi connectivity index (χ3v) is 4.32. The van der Waals surface area contributed by atoms with Crippen LogP contribution in [-0.4, -0.2) is 26.6 Å². The topological polar surface area (TPSA) is 116 Å². The van der Waals surface area contributed by atoms with Crippen molar-refractivity contribution in [3.63, 3.8) is 0 Å². The van der Waals surface area contributed by atoms with Crippen LogP contribution in [-0.2, 0) is 0 Å². The van der Waals surface area contributed by atoms with E-state index < -0.39 is 11.8 Å². The molecule has 0 aliphatic rings. The van der Waals surface area contributed by atoms with Gasteiger partial charge in [-0.1, -0.05) is 49.1 Å². The Morgan fingerprint density at radius 2 is 1.97 bits per heavy atom. The number of benzene rings is 1. The molecule has 1 aromatic carbocycles. The van der Waals surface area contributed by atoms with Gasteiger partial charge in [-0.05, 0) is 37.6 Å². The van der Waals surface area contributed by atoms with Crippen molar-refractivity contribution in [3.05, 3.63) is 96.5 Å². The maximum absolute atomic E-state index is 12.7. The molecule has 0 bridgehead atoms. The Morgan fingerprint density at radius 1 is 1.25 bits per heavy atom. The molecule has 3 aromatic rings. The Kier molecular flexibility index (Phi) is 6.65. The summed E-state index contributed by atoms with van der Waals surface area (Å²) in [5.74, 6) is -1.08. The molecule has 8 heteroatoms. The summed E-state index contributed by atoms with van der Waals surface area (Å²) >= 11 is 0. The van der Waals surface area contributed by atoms with Gasteiger partial charge < -0.3 is 15.5 Å². The largest absolute Gasteiger partial charge is 0.444 e.